The predicted molar refractivity (Wildman–Crippen MR) is 72.3 cm³/mol. The summed E-state index contributed by atoms with van der Waals surface area (Å²) in [6.07, 6.45) is 2.80. The van der Waals surface area contributed by atoms with E-state index in [2.05, 4.69) is 10.3 Å². The van der Waals surface area contributed by atoms with E-state index in [1.54, 1.807) is 18.3 Å². The summed E-state index contributed by atoms with van der Waals surface area (Å²) in [5, 5.41) is 2.77. The van der Waals surface area contributed by atoms with Gasteiger partial charge in [0.25, 0.3) is 0 Å². The number of hydrogen-bond donors (Lipinski definition) is 2. The van der Waals surface area contributed by atoms with Gasteiger partial charge in [0, 0.05) is 12.1 Å². The zero-order valence-corrected chi connectivity index (χ0v) is 10.8. The molecular weight excluding hydrogens is 242 g/mol. The van der Waals surface area contributed by atoms with Crippen molar-refractivity contribution < 1.29 is 9.21 Å². The average Bonchev–Trinajstić information content (AvgIpc) is 2.87. The number of carbonyl (C=O) groups excluding carboxylic acids is 1. The van der Waals surface area contributed by atoms with Gasteiger partial charge >= 0.3 is 0 Å². The van der Waals surface area contributed by atoms with Gasteiger partial charge < -0.3 is 15.5 Å². The molecule has 19 heavy (non-hydrogen) atoms. The number of rotatable bonds is 5. The molecule has 2 rings (SSSR count). The maximum atomic E-state index is 11.7. The van der Waals surface area contributed by atoms with E-state index < -0.39 is 0 Å². The smallest absolute Gasteiger partial charge is 0.224 e. The number of oxazole rings is 1. The summed E-state index contributed by atoms with van der Waals surface area (Å²) in [4.78, 5) is 15.8. The first-order chi connectivity index (χ1) is 9.17. The summed E-state index contributed by atoms with van der Waals surface area (Å²) in [5.74, 6) is 1.28. The lowest BCUT2D eigenvalue weighted by Gasteiger charge is -2.03. The van der Waals surface area contributed by atoms with E-state index in [4.69, 9.17) is 10.2 Å². The summed E-state index contributed by atoms with van der Waals surface area (Å²) < 4.78 is 5.41. The van der Waals surface area contributed by atoms with E-state index in [9.17, 15) is 4.79 Å². The third-order valence-corrected chi connectivity index (χ3v) is 2.73. The van der Waals surface area contributed by atoms with Crippen LogP contribution in [0.3, 0.4) is 0 Å². The number of carbonyl (C=O) groups is 1. The Morgan fingerprint density at radius 2 is 2.11 bits per heavy atom. The highest BCUT2D eigenvalue weighted by Gasteiger charge is 2.06. The Morgan fingerprint density at radius 1 is 1.37 bits per heavy atom. The third kappa shape index (κ3) is 3.84. The molecule has 0 radical (unpaired) electrons. The Bertz CT molecular complexity index is 546. The van der Waals surface area contributed by atoms with Crippen molar-refractivity contribution >= 4 is 11.6 Å². The first-order valence-corrected chi connectivity index (χ1v) is 6.22. The van der Waals surface area contributed by atoms with E-state index in [0.717, 1.165) is 17.7 Å². The predicted octanol–water partition coefficient (Wildman–Crippen LogP) is 1.68. The van der Waals surface area contributed by atoms with Crippen molar-refractivity contribution in [2.24, 2.45) is 0 Å². The Hall–Kier alpha value is -2.30. The van der Waals surface area contributed by atoms with Crippen LogP contribution in [-0.2, 0) is 24.2 Å². The van der Waals surface area contributed by atoms with Crippen LogP contribution < -0.4 is 11.1 Å². The number of nitrogens with two attached hydrogens (primary N) is 1. The first-order valence-electron chi connectivity index (χ1n) is 6.22. The Kier molecular flexibility index (Phi) is 4.18. The number of benzene rings is 1. The molecule has 0 aliphatic carbocycles. The van der Waals surface area contributed by atoms with Crippen LogP contribution in [0, 0.1) is 0 Å². The number of aryl methyl sites for hydroxylation is 1. The molecule has 0 saturated heterocycles. The Morgan fingerprint density at radius 3 is 2.74 bits per heavy atom. The van der Waals surface area contributed by atoms with Crippen LogP contribution in [0.25, 0.3) is 0 Å². The molecule has 3 N–H and O–H groups in total. The van der Waals surface area contributed by atoms with Gasteiger partial charge in [0.1, 0.15) is 5.76 Å². The fourth-order valence-electron chi connectivity index (χ4n) is 1.65. The van der Waals surface area contributed by atoms with Crippen molar-refractivity contribution in [1.82, 2.24) is 10.3 Å². The minimum absolute atomic E-state index is 0.0685. The standard InChI is InChI=1S/C14H17N3O2/c1-2-12-8-17-14(19-12)9-16-13(18)7-10-3-5-11(15)6-4-10/h3-6,8H,2,7,9,15H2,1H3,(H,16,18). The monoisotopic (exact) mass is 259 g/mol. The van der Waals surface area contributed by atoms with Crippen molar-refractivity contribution in [3.8, 4) is 0 Å². The van der Waals surface area contributed by atoms with Gasteiger partial charge in [-0.3, -0.25) is 4.79 Å². The largest absolute Gasteiger partial charge is 0.444 e. The minimum Gasteiger partial charge on any atom is -0.444 e. The zero-order chi connectivity index (χ0) is 13.7. The second kappa shape index (κ2) is 6.04. The average molecular weight is 259 g/mol. The molecule has 2 aromatic rings. The van der Waals surface area contributed by atoms with Crippen molar-refractivity contribution in [3.63, 3.8) is 0 Å². The van der Waals surface area contributed by atoms with E-state index in [-0.39, 0.29) is 5.91 Å². The molecule has 5 nitrogen and oxygen atoms in total. The molecule has 0 saturated carbocycles. The van der Waals surface area contributed by atoms with Gasteiger partial charge in [-0.25, -0.2) is 4.98 Å². The molecule has 0 aliphatic rings. The highest BCUT2D eigenvalue weighted by Crippen LogP contribution is 2.07. The number of nitrogens with one attached hydrogen (secondary N) is 1. The molecule has 0 spiro atoms. The minimum atomic E-state index is -0.0685. The second-order valence-corrected chi connectivity index (χ2v) is 4.27. The van der Waals surface area contributed by atoms with Gasteiger partial charge in [0.2, 0.25) is 11.8 Å². The summed E-state index contributed by atoms with van der Waals surface area (Å²) in [6, 6.07) is 7.25. The highest BCUT2D eigenvalue weighted by atomic mass is 16.4. The van der Waals surface area contributed by atoms with Crippen molar-refractivity contribution in [2.45, 2.75) is 26.3 Å². The lowest BCUT2D eigenvalue weighted by molar-refractivity contribution is -0.120. The lowest BCUT2D eigenvalue weighted by atomic mass is 10.1. The van der Waals surface area contributed by atoms with Crippen LogP contribution in [0.1, 0.15) is 24.1 Å². The van der Waals surface area contributed by atoms with Gasteiger partial charge in [-0.05, 0) is 17.7 Å². The molecule has 5 heteroatoms. The summed E-state index contributed by atoms with van der Waals surface area (Å²) in [6.45, 7) is 2.30. The summed E-state index contributed by atoms with van der Waals surface area (Å²) >= 11 is 0. The number of nitrogens with zero attached hydrogens (tertiary/aromatic N) is 1. The third-order valence-electron chi connectivity index (χ3n) is 2.73. The fourth-order valence-corrected chi connectivity index (χ4v) is 1.65. The van der Waals surface area contributed by atoms with Gasteiger partial charge in [-0.1, -0.05) is 19.1 Å². The topological polar surface area (TPSA) is 81.2 Å². The molecule has 1 aromatic heterocycles. The fraction of sp³-hybridized carbons (Fsp3) is 0.286. The lowest BCUT2D eigenvalue weighted by Crippen LogP contribution is -2.24. The van der Waals surface area contributed by atoms with E-state index in [0.29, 0.717) is 24.5 Å². The normalized spacial score (nSPS) is 10.4. The number of anilines is 1. The molecule has 1 amide bonds. The van der Waals surface area contributed by atoms with Crippen LogP contribution in [-0.4, -0.2) is 10.9 Å². The summed E-state index contributed by atoms with van der Waals surface area (Å²) in [7, 11) is 0. The number of amides is 1. The molecule has 0 bridgehead atoms. The van der Waals surface area contributed by atoms with Crippen molar-refractivity contribution in [3.05, 3.63) is 47.7 Å². The van der Waals surface area contributed by atoms with Crippen molar-refractivity contribution in [1.29, 1.82) is 0 Å². The van der Waals surface area contributed by atoms with E-state index >= 15 is 0 Å². The molecule has 100 valence electrons. The zero-order valence-electron chi connectivity index (χ0n) is 10.8. The quantitative estimate of drug-likeness (QED) is 0.800. The second-order valence-electron chi connectivity index (χ2n) is 4.27. The molecule has 1 aromatic carbocycles. The number of aromatic nitrogens is 1. The van der Waals surface area contributed by atoms with Crippen LogP contribution >= 0.6 is 0 Å². The first kappa shape index (κ1) is 13.1. The molecular formula is C14H17N3O2. The summed E-state index contributed by atoms with van der Waals surface area (Å²) in [5.41, 5.74) is 7.20. The molecule has 0 fully saturated rings. The van der Waals surface area contributed by atoms with Gasteiger partial charge in [-0.15, -0.1) is 0 Å². The van der Waals surface area contributed by atoms with E-state index in [1.165, 1.54) is 0 Å². The van der Waals surface area contributed by atoms with Gasteiger partial charge in [-0.2, -0.15) is 0 Å². The number of hydrogen-bond acceptors (Lipinski definition) is 4. The highest BCUT2D eigenvalue weighted by molar-refractivity contribution is 5.78. The van der Waals surface area contributed by atoms with E-state index in [1.807, 2.05) is 19.1 Å². The maximum absolute atomic E-state index is 11.7. The molecule has 0 unspecified atom stereocenters. The van der Waals surface area contributed by atoms with Crippen LogP contribution in [0.4, 0.5) is 5.69 Å². The molecule has 0 atom stereocenters. The Labute approximate surface area is 111 Å². The van der Waals surface area contributed by atoms with Gasteiger partial charge in [0.15, 0.2) is 0 Å². The molecule has 0 aliphatic heterocycles. The maximum Gasteiger partial charge on any atom is 0.224 e. The molecule has 1 heterocycles. The van der Waals surface area contributed by atoms with Gasteiger partial charge in [0.05, 0.1) is 19.2 Å². The Balaban J connectivity index is 1.82. The van der Waals surface area contributed by atoms with Crippen LogP contribution in [0.2, 0.25) is 0 Å². The number of nitrogen functional groups attached to an aromatic ring is 1. The van der Waals surface area contributed by atoms with Crippen LogP contribution in [0.5, 0.6) is 0 Å². The SMILES string of the molecule is CCc1cnc(CNC(=O)Cc2ccc(N)cc2)o1. The van der Waals surface area contributed by atoms with Crippen molar-refractivity contribution in [2.75, 3.05) is 5.73 Å². The van der Waals surface area contributed by atoms with Crippen LogP contribution in [0.15, 0.2) is 34.9 Å².